The number of nitrogens with zero attached hydrogens (tertiary/aromatic N) is 3. The molecule has 2 aromatic heterocycles. The van der Waals surface area contributed by atoms with Crippen molar-refractivity contribution in [3.05, 3.63) is 41.1 Å². The zero-order valence-electron chi connectivity index (χ0n) is 13.2. The van der Waals surface area contributed by atoms with E-state index in [1.165, 1.54) is 12.1 Å². The lowest BCUT2D eigenvalue weighted by Gasteiger charge is -2.19. The Bertz CT molecular complexity index is 1100. The van der Waals surface area contributed by atoms with E-state index in [1.54, 1.807) is 6.07 Å². The van der Waals surface area contributed by atoms with Crippen molar-refractivity contribution in [2.75, 3.05) is 0 Å². The first-order valence-corrected chi connectivity index (χ1v) is 9.15. The van der Waals surface area contributed by atoms with Crippen molar-refractivity contribution >= 4 is 21.0 Å². The van der Waals surface area contributed by atoms with Crippen molar-refractivity contribution in [1.82, 2.24) is 14.1 Å². The number of hydrogen-bond acceptors (Lipinski definition) is 3. The molecule has 0 spiro atoms. The molecule has 0 unspecified atom stereocenters. The van der Waals surface area contributed by atoms with E-state index in [4.69, 9.17) is 0 Å². The van der Waals surface area contributed by atoms with Gasteiger partial charge in [0.1, 0.15) is 17.4 Å². The SMILES string of the molecule is Cc1nc(CS(=O)(=O)O)c2n1CCc1c-2n(C)c2ccc(F)cc12. The fraction of sp³-hybridized carbons (Fsp3) is 0.312. The second-order valence-corrected chi connectivity index (χ2v) is 7.58. The largest absolute Gasteiger partial charge is 0.342 e. The van der Waals surface area contributed by atoms with E-state index in [9.17, 15) is 17.4 Å². The number of imidazole rings is 1. The van der Waals surface area contributed by atoms with Gasteiger partial charge in [-0.1, -0.05) is 0 Å². The standard InChI is InChI=1S/C16H16FN3O3S/c1-9-18-13(8-24(21,22)23)16-15-11(5-6-20(9)16)12-7-10(17)3-4-14(12)19(15)2/h3-4,7H,5-6,8H2,1-2H3,(H,21,22,23). The molecule has 0 saturated heterocycles. The van der Waals surface area contributed by atoms with Crippen LogP contribution in [0.5, 0.6) is 0 Å². The third-order valence-corrected chi connectivity index (χ3v) is 5.26. The van der Waals surface area contributed by atoms with Crippen LogP contribution in [0.4, 0.5) is 4.39 Å². The molecule has 0 saturated carbocycles. The van der Waals surface area contributed by atoms with Gasteiger partial charge in [0, 0.05) is 24.5 Å². The summed E-state index contributed by atoms with van der Waals surface area (Å²) in [6.45, 7) is 2.45. The van der Waals surface area contributed by atoms with Gasteiger partial charge < -0.3 is 9.13 Å². The zero-order chi connectivity index (χ0) is 17.2. The van der Waals surface area contributed by atoms with Crippen LogP contribution in [0.25, 0.3) is 22.3 Å². The molecule has 1 aromatic carbocycles. The Morgan fingerprint density at radius 2 is 2.08 bits per heavy atom. The molecule has 0 atom stereocenters. The minimum absolute atomic E-state index is 0.302. The first-order chi connectivity index (χ1) is 11.3. The van der Waals surface area contributed by atoms with E-state index < -0.39 is 15.9 Å². The molecule has 0 aliphatic carbocycles. The summed E-state index contributed by atoms with van der Waals surface area (Å²) < 4.78 is 49.5. The fourth-order valence-electron chi connectivity index (χ4n) is 3.71. The summed E-state index contributed by atoms with van der Waals surface area (Å²) in [7, 11) is -2.33. The van der Waals surface area contributed by atoms with Crippen LogP contribution in [0, 0.1) is 12.7 Å². The molecule has 0 radical (unpaired) electrons. The van der Waals surface area contributed by atoms with E-state index in [-0.39, 0.29) is 5.82 Å². The third-order valence-electron chi connectivity index (χ3n) is 4.63. The van der Waals surface area contributed by atoms with E-state index in [1.807, 2.05) is 23.1 Å². The van der Waals surface area contributed by atoms with E-state index in [0.29, 0.717) is 30.2 Å². The van der Waals surface area contributed by atoms with Crippen molar-refractivity contribution < 1.29 is 17.4 Å². The van der Waals surface area contributed by atoms with Crippen LogP contribution < -0.4 is 0 Å². The second kappa shape index (κ2) is 4.90. The van der Waals surface area contributed by atoms with Gasteiger partial charge in [0.2, 0.25) is 0 Å². The lowest BCUT2D eigenvalue weighted by Crippen LogP contribution is -2.14. The molecule has 1 aliphatic heterocycles. The highest BCUT2D eigenvalue weighted by atomic mass is 32.2. The Labute approximate surface area is 138 Å². The van der Waals surface area contributed by atoms with Crippen molar-refractivity contribution in [3.8, 4) is 11.4 Å². The molecule has 0 bridgehead atoms. The third kappa shape index (κ3) is 2.17. The number of benzene rings is 1. The van der Waals surface area contributed by atoms with Gasteiger partial charge in [-0.3, -0.25) is 4.55 Å². The average molecular weight is 349 g/mol. The summed E-state index contributed by atoms with van der Waals surface area (Å²) in [6, 6.07) is 4.64. The molecule has 126 valence electrons. The summed E-state index contributed by atoms with van der Waals surface area (Å²) >= 11 is 0. The quantitative estimate of drug-likeness (QED) is 0.721. The maximum Gasteiger partial charge on any atom is 0.270 e. The summed E-state index contributed by atoms with van der Waals surface area (Å²) in [4.78, 5) is 4.34. The maximum absolute atomic E-state index is 13.7. The Hall–Kier alpha value is -2.19. The van der Waals surface area contributed by atoms with Gasteiger partial charge in [-0.15, -0.1) is 0 Å². The molecular weight excluding hydrogens is 333 g/mol. The number of halogens is 1. The number of rotatable bonds is 2. The molecule has 8 heteroatoms. The number of hydrogen-bond donors (Lipinski definition) is 1. The highest BCUT2D eigenvalue weighted by Crippen LogP contribution is 2.39. The summed E-state index contributed by atoms with van der Waals surface area (Å²) in [5.41, 5.74) is 3.71. The first-order valence-electron chi connectivity index (χ1n) is 7.54. The molecule has 1 N–H and O–H groups in total. The monoisotopic (exact) mass is 349 g/mol. The van der Waals surface area contributed by atoms with Crippen LogP contribution in [0.1, 0.15) is 17.1 Å². The van der Waals surface area contributed by atoms with Gasteiger partial charge >= 0.3 is 0 Å². The average Bonchev–Trinajstić information content (AvgIpc) is 2.94. The Kier molecular flexibility index (Phi) is 3.14. The van der Waals surface area contributed by atoms with Crippen LogP contribution >= 0.6 is 0 Å². The van der Waals surface area contributed by atoms with Gasteiger partial charge in [0.05, 0.1) is 17.1 Å². The Morgan fingerprint density at radius 3 is 2.79 bits per heavy atom. The molecule has 6 nitrogen and oxygen atoms in total. The van der Waals surface area contributed by atoms with Gasteiger partial charge in [-0.25, -0.2) is 9.37 Å². The summed E-state index contributed by atoms with van der Waals surface area (Å²) in [5, 5.41) is 0.829. The van der Waals surface area contributed by atoms with Crippen molar-refractivity contribution in [1.29, 1.82) is 0 Å². The highest BCUT2D eigenvalue weighted by molar-refractivity contribution is 7.85. The maximum atomic E-state index is 13.7. The van der Waals surface area contributed by atoms with Crippen LogP contribution in [-0.4, -0.2) is 27.1 Å². The fourth-order valence-corrected chi connectivity index (χ4v) is 4.26. The van der Waals surface area contributed by atoms with Gasteiger partial charge in [0.15, 0.2) is 0 Å². The number of aryl methyl sites for hydroxylation is 3. The molecule has 0 fully saturated rings. The van der Waals surface area contributed by atoms with Gasteiger partial charge in [-0.05, 0) is 37.1 Å². The molecular formula is C16H16FN3O3S. The molecule has 24 heavy (non-hydrogen) atoms. The minimum atomic E-state index is -4.19. The minimum Gasteiger partial charge on any atom is -0.342 e. The molecule has 3 heterocycles. The lowest BCUT2D eigenvalue weighted by molar-refractivity contribution is 0.481. The molecule has 4 rings (SSSR count). The van der Waals surface area contributed by atoms with E-state index in [0.717, 1.165) is 22.2 Å². The zero-order valence-corrected chi connectivity index (χ0v) is 14.1. The predicted octanol–water partition coefficient (Wildman–Crippen LogP) is 2.43. The smallest absolute Gasteiger partial charge is 0.270 e. The highest BCUT2D eigenvalue weighted by Gasteiger charge is 2.29. The topological polar surface area (TPSA) is 77.1 Å². The normalized spacial score (nSPS) is 14.0. The lowest BCUT2D eigenvalue weighted by atomic mass is 10.0. The molecule has 1 aliphatic rings. The summed E-state index contributed by atoms with van der Waals surface area (Å²) in [6.07, 6.45) is 0.714. The molecule has 3 aromatic rings. The summed E-state index contributed by atoms with van der Waals surface area (Å²) in [5.74, 6) is -0.138. The van der Waals surface area contributed by atoms with E-state index in [2.05, 4.69) is 4.98 Å². The van der Waals surface area contributed by atoms with Crippen molar-refractivity contribution in [3.63, 3.8) is 0 Å². The van der Waals surface area contributed by atoms with Crippen molar-refractivity contribution in [2.45, 2.75) is 25.6 Å². The van der Waals surface area contributed by atoms with Crippen LogP contribution in [0.2, 0.25) is 0 Å². The first kappa shape index (κ1) is 15.3. The second-order valence-electron chi connectivity index (χ2n) is 6.13. The van der Waals surface area contributed by atoms with Crippen LogP contribution in [0.15, 0.2) is 18.2 Å². The number of aromatic nitrogens is 3. The molecule has 0 amide bonds. The van der Waals surface area contributed by atoms with Gasteiger partial charge in [-0.2, -0.15) is 8.42 Å². The van der Waals surface area contributed by atoms with Crippen LogP contribution in [-0.2, 0) is 35.9 Å². The Balaban J connectivity index is 2.06. The predicted molar refractivity (Wildman–Crippen MR) is 87.8 cm³/mol. The number of fused-ring (bicyclic) bond motifs is 5. The van der Waals surface area contributed by atoms with Crippen LogP contribution in [0.3, 0.4) is 0 Å². The van der Waals surface area contributed by atoms with Crippen molar-refractivity contribution in [2.24, 2.45) is 7.05 Å². The van der Waals surface area contributed by atoms with E-state index >= 15 is 0 Å². The Morgan fingerprint density at radius 1 is 1.33 bits per heavy atom. The van der Waals surface area contributed by atoms with Gasteiger partial charge in [0.25, 0.3) is 10.1 Å².